The Hall–Kier alpha value is -0.380. The lowest BCUT2D eigenvalue weighted by atomic mass is 9.73. The van der Waals surface area contributed by atoms with E-state index in [-0.39, 0.29) is 11.5 Å². The molecule has 2 heterocycles. The summed E-state index contributed by atoms with van der Waals surface area (Å²) in [4.78, 5) is 3.06. The van der Waals surface area contributed by atoms with Gasteiger partial charge in [0.1, 0.15) is 0 Å². The van der Waals surface area contributed by atoms with Gasteiger partial charge in [-0.3, -0.25) is 0 Å². The fourth-order valence-corrected chi connectivity index (χ4v) is 4.81. The Morgan fingerprint density at radius 2 is 2.00 bits per heavy atom. The van der Waals surface area contributed by atoms with E-state index in [1.807, 2.05) is 11.3 Å². The Kier molecular flexibility index (Phi) is 2.85. The molecule has 1 aromatic heterocycles. The molecule has 0 amide bonds. The fourth-order valence-electron chi connectivity index (χ4n) is 3.39. The third kappa shape index (κ3) is 1.84. The van der Waals surface area contributed by atoms with Gasteiger partial charge < -0.3 is 11.1 Å². The van der Waals surface area contributed by atoms with Crippen molar-refractivity contribution in [2.75, 3.05) is 13.1 Å². The molecule has 2 aliphatic rings. The third-order valence-corrected chi connectivity index (χ3v) is 6.26. The minimum absolute atomic E-state index is 0.260. The second-order valence-electron chi connectivity index (χ2n) is 7.01. The Bertz CT molecular complexity index is 450. The molecule has 0 bridgehead atoms. The van der Waals surface area contributed by atoms with E-state index >= 15 is 0 Å². The monoisotopic (exact) mass is 264 g/mol. The second kappa shape index (κ2) is 4.06. The van der Waals surface area contributed by atoms with Crippen LogP contribution in [0.5, 0.6) is 0 Å². The molecular weight excluding hydrogens is 240 g/mol. The van der Waals surface area contributed by atoms with Gasteiger partial charge >= 0.3 is 0 Å². The van der Waals surface area contributed by atoms with Crippen LogP contribution in [0.15, 0.2) is 6.07 Å². The number of piperidine rings is 1. The van der Waals surface area contributed by atoms with Crippen molar-refractivity contribution in [3.8, 4) is 0 Å². The number of nitrogens with one attached hydrogen (secondary N) is 1. The maximum Gasteiger partial charge on any atom is 0.0367 e. The number of nitrogens with two attached hydrogens (primary N) is 1. The molecule has 0 radical (unpaired) electrons. The summed E-state index contributed by atoms with van der Waals surface area (Å²) in [5.74, 6) is 0. The first-order valence-corrected chi connectivity index (χ1v) is 7.83. The second-order valence-corrected chi connectivity index (χ2v) is 8.14. The van der Waals surface area contributed by atoms with Crippen LogP contribution in [0.2, 0.25) is 0 Å². The highest BCUT2D eigenvalue weighted by Crippen LogP contribution is 2.53. The van der Waals surface area contributed by atoms with Crippen molar-refractivity contribution in [3.63, 3.8) is 0 Å². The minimum atomic E-state index is 0.260. The van der Waals surface area contributed by atoms with Gasteiger partial charge in [-0.15, -0.1) is 11.3 Å². The van der Waals surface area contributed by atoms with Gasteiger partial charge in [-0.2, -0.15) is 0 Å². The molecule has 3 heteroatoms. The van der Waals surface area contributed by atoms with Crippen LogP contribution in [0, 0.1) is 5.41 Å². The maximum absolute atomic E-state index is 6.59. The van der Waals surface area contributed by atoms with E-state index < -0.39 is 0 Å². The highest BCUT2D eigenvalue weighted by atomic mass is 32.1. The van der Waals surface area contributed by atoms with Gasteiger partial charge in [0.2, 0.25) is 0 Å². The molecule has 1 fully saturated rings. The van der Waals surface area contributed by atoms with Crippen molar-refractivity contribution in [2.45, 2.75) is 51.5 Å². The number of thiophene rings is 1. The van der Waals surface area contributed by atoms with E-state index in [0.717, 1.165) is 13.1 Å². The third-order valence-electron chi connectivity index (χ3n) is 4.69. The van der Waals surface area contributed by atoms with Crippen molar-refractivity contribution in [1.29, 1.82) is 0 Å². The quantitative estimate of drug-likeness (QED) is 0.756. The average Bonchev–Trinajstić information content (AvgIpc) is 2.81. The Labute approximate surface area is 114 Å². The summed E-state index contributed by atoms with van der Waals surface area (Å²) >= 11 is 2.00. The van der Waals surface area contributed by atoms with Gasteiger partial charge in [0.25, 0.3) is 0 Å². The molecule has 100 valence electrons. The number of hydrogen-bond donors (Lipinski definition) is 2. The molecule has 0 aromatic carbocycles. The molecule has 0 saturated carbocycles. The van der Waals surface area contributed by atoms with E-state index in [1.165, 1.54) is 29.7 Å². The Morgan fingerprint density at radius 1 is 1.33 bits per heavy atom. The first-order valence-electron chi connectivity index (χ1n) is 7.02. The molecular formula is C15H24N2S. The predicted octanol–water partition coefficient (Wildman–Crippen LogP) is 2.97. The maximum atomic E-state index is 6.59. The molecule has 1 aliphatic heterocycles. The summed E-state index contributed by atoms with van der Waals surface area (Å²) in [6.45, 7) is 9.14. The van der Waals surface area contributed by atoms with E-state index in [0.29, 0.717) is 5.41 Å². The summed E-state index contributed by atoms with van der Waals surface area (Å²) < 4.78 is 0. The van der Waals surface area contributed by atoms with Crippen LogP contribution >= 0.6 is 11.3 Å². The van der Waals surface area contributed by atoms with Crippen molar-refractivity contribution in [1.82, 2.24) is 5.32 Å². The smallest absolute Gasteiger partial charge is 0.0367 e. The molecule has 1 aromatic rings. The zero-order valence-electron chi connectivity index (χ0n) is 11.7. The molecule has 1 spiro atoms. The van der Waals surface area contributed by atoms with Crippen molar-refractivity contribution < 1.29 is 0 Å². The van der Waals surface area contributed by atoms with Crippen LogP contribution in [0.25, 0.3) is 0 Å². The topological polar surface area (TPSA) is 38.0 Å². The Balaban J connectivity index is 1.92. The lowest BCUT2D eigenvalue weighted by Gasteiger charge is -2.38. The standard InChI is InChI=1S/C15H24N2S/c1-14(2,3)12-8-10-11(18-12)9-15(13(10)16)4-6-17-7-5-15/h8,13,17H,4-7,9,16H2,1-3H3. The summed E-state index contributed by atoms with van der Waals surface area (Å²) in [7, 11) is 0. The van der Waals surface area contributed by atoms with Crippen LogP contribution in [0.3, 0.4) is 0 Å². The largest absolute Gasteiger partial charge is 0.323 e. The highest BCUT2D eigenvalue weighted by molar-refractivity contribution is 7.12. The van der Waals surface area contributed by atoms with E-state index in [4.69, 9.17) is 5.73 Å². The normalized spacial score (nSPS) is 26.6. The van der Waals surface area contributed by atoms with Crippen LogP contribution in [-0.4, -0.2) is 13.1 Å². The zero-order chi connectivity index (χ0) is 13.0. The molecule has 3 rings (SSSR count). The van der Waals surface area contributed by atoms with Crippen LogP contribution in [0.1, 0.15) is 55.0 Å². The highest BCUT2D eigenvalue weighted by Gasteiger charge is 2.46. The minimum Gasteiger partial charge on any atom is -0.323 e. The summed E-state index contributed by atoms with van der Waals surface area (Å²) in [5.41, 5.74) is 8.67. The van der Waals surface area contributed by atoms with Crippen molar-refractivity contribution >= 4 is 11.3 Å². The molecule has 1 atom stereocenters. The van der Waals surface area contributed by atoms with Crippen LogP contribution in [-0.2, 0) is 11.8 Å². The van der Waals surface area contributed by atoms with Gasteiger partial charge in [-0.25, -0.2) is 0 Å². The number of fused-ring (bicyclic) bond motifs is 1. The van der Waals surface area contributed by atoms with Gasteiger partial charge in [-0.05, 0) is 54.8 Å². The summed E-state index contributed by atoms with van der Waals surface area (Å²) in [5, 5.41) is 3.46. The van der Waals surface area contributed by atoms with Crippen LogP contribution < -0.4 is 11.1 Å². The molecule has 3 N–H and O–H groups in total. The molecule has 2 nitrogen and oxygen atoms in total. The van der Waals surface area contributed by atoms with Gasteiger partial charge in [0, 0.05) is 15.8 Å². The molecule has 1 saturated heterocycles. The lowest BCUT2D eigenvalue weighted by Crippen LogP contribution is -2.42. The molecule has 18 heavy (non-hydrogen) atoms. The number of rotatable bonds is 0. The van der Waals surface area contributed by atoms with E-state index in [1.54, 1.807) is 4.88 Å². The summed E-state index contributed by atoms with van der Waals surface area (Å²) in [6, 6.07) is 2.66. The predicted molar refractivity (Wildman–Crippen MR) is 78.2 cm³/mol. The molecule has 1 aliphatic carbocycles. The molecule has 1 unspecified atom stereocenters. The van der Waals surface area contributed by atoms with E-state index in [9.17, 15) is 0 Å². The van der Waals surface area contributed by atoms with Gasteiger partial charge in [0.05, 0.1) is 0 Å². The first-order chi connectivity index (χ1) is 8.42. The SMILES string of the molecule is CC(C)(C)c1cc2c(s1)CC1(CCNCC1)C2N. The van der Waals surface area contributed by atoms with Crippen LogP contribution in [0.4, 0.5) is 0 Å². The zero-order valence-corrected chi connectivity index (χ0v) is 12.5. The fraction of sp³-hybridized carbons (Fsp3) is 0.733. The number of hydrogen-bond acceptors (Lipinski definition) is 3. The average molecular weight is 264 g/mol. The lowest BCUT2D eigenvalue weighted by molar-refractivity contribution is 0.174. The van der Waals surface area contributed by atoms with Crippen molar-refractivity contribution in [3.05, 3.63) is 21.4 Å². The van der Waals surface area contributed by atoms with Gasteiger partial charge in [-0.1, -0.05) is 20.8 Å². The van der Waals surface area contributed by atoms with Gasteiger partial charge in [0.15, 0.2) is 0 Å². The van der Waals surface area contributed by atoms with E-state index in [2.05, 4.69) is 32.2 Å². The summed E-state index contributed by atoms with van der Waals surface area (Å²) in [6.07, 6.45) is 3.69. The Morgan fingerprint density at radius 3 is 2.56 bits per heavy atom. The first kappa shape index (κ1) is 12.6. The van der Waals surface area contributed by atoms with Crippen molar-refractivity contribution in [2.24, 2.45) is 11.1 Å².